The largest absolute Gasteiger partial charge is 0.355 e. The SMILES string of the molecule is Cn1cc([C@H]2CNC[C@@H]2C(=O)NCC2(c3ccccc3)CCC2)cn1. The van der Waals surface area contributed by atoms with E-state index in [-0.39, 0.29) is 23.2 Å². The summed E-state index contributed by atoms with van der Waals surface area (Å²) in [7, 11) is 1.92. The Morgan fingerprint density at radius 1 is 1.32 bits per heavy atom. The third-order valence-electron chi connectivity index (χ3n) is 6.00. The standard InChI is InChI=1S/C20H26N4O/c1-24-13-15(10-23-24)17-11-21-12-18(17)19(25)22-14-20(8-5-9-20)16-6-3-2-4-7-16/h2-4,6-7,10,13,17-18,21H,5,8-9,11-12,14H2,1H3,(H,22,25)/t17-,18+/m1/s1. The number of nitrogens with one attached hydrogen (secondary N) is 2. The normalized spacial score (nSPS) is 24.7. The minimum atomic E-state index is -0.0166. The van der Waals surface area contributed by atoms with Gasteiger partial charge in [-0.25, -0.2) is 0 Å². The fourth-order valence-corrected chi connectivity index (χ4v) is 4.29. The van der Waals surface area contributed by atoms with E-state index in [1.54, 1.807) is 4.68 Å². The summed E-state index contributed by atoms with van der Waals surface area (Å²) in [6, 6.07) is 10.6. The third-order valence-corrected chi connectivity index (χ3v) is 6.00. The molecule has 4 rings (SSSR count). The van der Waals surface area contributed by atoms with Crippen LogP contribution in [0.1, 0.15) is 36.3 Å². The van der Waals surface area contributed by atoms with Crippen molar-refractivity contribution in [2.45, 2.75) is 30.6 Å². The van der Waals surface area contributed by atoms with E-state index in [0.717, 1.165) is 38.0 Å². The summed E-state index contributed by atoms with van der Waals surface area (Å²) < 4.78 is 1.81. The molecule has 1 aromatic carbocycles. The van der Waals surface area contributed by atoms with Crippen molar-refractivity contribution in [1.29, 1.82) is 0 Å². The molecule has 25 heavy (non-hydrogen) atoms. The van der Waals surface area contributed by atoms with Crippen molar-refractivity contribution < 1.29 is 4.79 Å². The molecule has 1 aliphatic carbocycles. The second kappa shape index (κ2) is 6.64. The molecule has 5 heteroatoms. The van der Waals surface area contributed by atoms with Gasteiger partial charge in [0, 0.05) is 44.2 Å². The van der Waals surface area contributed by atoms with Crippen molar-refractivity contribution in [3.8, 4) is 0 Å². The zero-order chi connectivity index (χ0) is 17.3. The van der Waals surface area contributed by atoms with Gasteiger partial charge in [-0.2, -0.15) is 5.10 Å². The van der Waals surface area contributed by atoms with E-state index in [9.17, 15) is 4.79 Å². The highest BCUT2D eigenvalue weighted by molar-refractivity contribution is 5.80. The van der Waals surface area contributed by atoms with Gasteiger partial charge in [-0.05, 0) is 24.0 Å². The zero-order valence-corrected chi connectivity index (χ0v) is 14.7. The Bertz CT molecular complexity index is 735. The first-order valence-corrected chi connectivity index (χ1v) is 9.20. The number of benzene rings is 1. The monoisotopic (exact) mass is 338 g/mol. The van der Waals surface area contributed by atoms with E-state index in [2.05, 4.69) is 46.1 Å². The summed E-state index contributed by atoms with van der Waals surface area (Å²) in [5, 5.41) is 10.9. The molecule has 1 saturated heterocycles. The van der Waals surface area contributed by atoms with Crippen molar-refractivity contribution in [2.24, 2.45) is 13.0 Å². The Morgan fingerprint density at radius 2 is 2.12 bits per heavy atom. The van der Waals surface area contributed by atoms with Gasteiger partial charge in [0.2, 0.25) is 5.91 Å². The summed E-state index contributed by atoms with van der Waals surface area (Å²) in [5.74, 6) is 0.362. The predicted octanol–water partition coefficient (Wildman–Crippen LogP) is 1.96. The lowest BCUT2D eigenvalue weighted by Crippen LogP contribution is -2.47. The number of hydrogen-bond donors (Lipinski definition) is 2. The van der Waals surface area contributed by atoms with Crippen LogP contribution >= 0.6 is 0 Å². The molecule has 2 aliphatic rings. The molecule has 0 radical (unpaired) electrons. The summed E-state index contributed by atoms with van der Waals surface area (Å²) >= 11 is 0. The summed E-state index contributed by atoms with van der Waals surface area (Å²) in [4.78, 5) is 12.9. The van der Waals surface area contributed by atoms with Gasteiger partial charge in [-0.1, -0.05) is 36.8 Å². The van der Waals surface area contributed by atoms with Crippen LogP contribution in [0, 0.1) is 5.92 Å². The molecule has 2 atom stereocenters. The second-order valence-electron chi connectivity index (χ2n) is 7.54. The molecular formula is C20H26N4O. The van der Waals surface area contributed by atoms with Gasteiger partial charge in [0.05, 0.1) is 12.1 Å². The highest BCUT2D eigenvalue weighted by Gasteiger charge is 2.40. The maximum Gasteiger partial charge on any atom is 0.225 e. The second-order valence-corrected chi connectivity index (χ2v) is 7.54. The van der Waals surface area contributed by atoms with Crippen molar-refractivity contribution in [1.82, 2.24) is 20.4 Å². The number of carbonyl (C=O) groups is 1. The number of aromatic nitrogens is 2. The molecule has 0 unspecified atom stereocenters. The van der Waals surface area contributed by atoms with Crippen LogP contribution in [0.15, 0.2) is 42.7 Å². The molecule has 1 aliphatic heterocycles. The lowest BCUT2D eigenvalue weighted by molar-refractivity contribution is -0.125. The zero-order valence-electron chi connectivity index (χ0n) is 14.7. The number of aryl methyl sites for hydroxylation is 1. The van der Waals surface area contributed by atoms with Crippen LogP contribution in [0.3, 0.4) is 0 Å². The van der Waals surface area contributed by atoms with E-state index < -0.39 is 0 Å². The van der Waals surface area contributed by atoms with Crippen LogP contribution in [0.4, 0.5) is 0 Å². The fourth-order valence-electron chi connectivity index (χ4n) is 4.29. The fraction of sp³-hybridized carbons (Fsp3) is 0.500. The first-order chi connectivity index (χ1) is 12.2. The molecular weight excluding hydrogens is 312 g/mol. The Hall–Kier alpha value is -2.14. The van der Waals surface area contributed by atoms with Gasteiger partial charge in [0.1, 0.15) is 0 Å². The van der Waals surface area contributed by atoms with Crippen molar-refractivity contribution >= 4 is 5.91 Å². The average molecular weight is 338 g/mol. The summed E-state index contributed by atoms with van der Waals surface area (Å²) in [6.45, 7) is 2.32. The quantitative estimate of drug-likeness (QED) is 0.876. The van der Waals surface area contributed by atoms with Gasteiger partial charge in [0.15, 0.2) is 0 Å². The number of nitrogens with zero attached hydrogens (tertiary/aromatic N) is 2. The number of rotatable bonds is 5. The molecule has 0 bridgehead atoms. The average Bonchev–Trinajstić information content (AvgIpc) is 3.23. The van der Waals surface area contributed by atoms with E-state index in [0.29, 0.717) is 0 Å². The van der Waals surface area contributed by atoms with Crippen LogP contribution in [0.25, 0.3) is 0 Å². The molecule has 2 fully saturated rings. The van der Waals surface area contributed by atoms with E-state index in [1.165, 1.54) is 12.0 Å². The van der Waals surface area contributed by atoms with Gasteiger partial charge >= 0.3 is 0 Å². The third kappa shape index (κ3) is 3.09. The summed E-state index contributed by atoms with van der Waals surface area (Å²) in [5.41, 5.74) is 2.64. The highest BCUT2D eigenvalue weighted by Crippen LogP contribution is 2.43. The Balaban J connectivity index is 1.43. The molecule has 0 spiro atoms. The molecule has 2 N–H and O–H groups in total. The number of hydrogen-bond acceptors (Lipinski definition) is 3. The lowest BCUT2D eigenvalue weighted by Gasteiger charge is -2.43. The molecule has 1 aromatic heterocycles. The topological polar surface area (TPSA) is 59.0 Å². The van der Waals surface area contributed by atoms with E-state index >= 15 is 0 Å². The molecule has 2 aromatic rings. The van der Waals surface area contributed by atoms with Crippen LogP contribution in [-0.4, -0.2) is 35.3 Å². The maximum atomic E-state index is 12.9. The van der Waals surface area contributed by atoms with Crippen molar-refractivity contribution in [3.63, 3.8) is 0 Å². The van der Waals surface area contributed by atoms with E-state index in [4.69, 9.17) is 0 Å². The molecule has 132 valence electrons. The van der Waals surface area contributed by atoms with Crippen LogP contribution in [0.5, 0.6) is 0 Å². The molecule has 2 heterocycles. The number of carbonyl (C=O) groups excluding carboxylic acids is 1. The van der Waals surface area contributed by atoms with Gasteiger partial charge in [-0.15, -0.1) is 0 Å². The lowest BCUT2D eigenvalue weighted by atomic mass is 9.64. The van der Waals surface area contributed by atoms with Crippen LogP contribution in [0.2, 0.25) is 0 Å². The summed E-state index contributed by atoms with van der Waals surface area (Å²) in [6.07, 6.45) is 7.47. The van der Waals surface area contributed by atoms with Gasteiger partial charge in [-0.3, -0.25) is 9.48 Å². The molecule has 5 nitrogen and oxygen atoms in total. The predicted molar refractivity (Wildman–Crippen MR) is 97.3 cm³/mol. The van der Waals surface area contributed by atoms with Crippen LogP contribution in [-0.2, 0) is 17.3 Å². The minimum absolute atomic E-state index is 0.0166. The van der Waals surface area contributed by atoms with Crippen molar-refractivity contribution in [2.75, 3.05) is 19.6 Å². The molecule has 1 amide bonds. The highest BCUT2D eigenvalue weighted by atomic mass is 16.1. The number of amides is 1. The minimum Gasteiger partial charge on any atom is -0.355 e. The first-order valence-electron chi connectivity index (χ1n) is 9.20. The van der Waals surface area contributed by atoms with Crippen LogP contribution < -0.4 is 10.6 Å². The van der Waals surface area contributed by atoms with Gasteiger partial charge in [0.25, 0.3) is 0 Å². The first kappa shape index (κ1) is 16.3. The Morgan fingerprint density at radius 3 is 2.76 bits per heavy atom. The Labute approximate surface area is 148 Å². The smallest absolute Gasteiger partial charge is 0.225 e. The molecule has 1 saturated carbocycles. The van der Waals surface area contributed by atoms with Gasteiger partial charge < -0.3 is 10.6 Å². The Kier molecular flexibility index (Phi) is 4.34. The van der Waals surface area contributed by atoms with E-state index in [1.807, 2.05) is 19.4 Å². The van der Waals surface area contributed by atoms with Crippen molar-refractivity contribution in [3.05, 3.63) is 53.9 Å². The maximum absolute atomic E-state index is 12.9.